The van der Waals surface area contributed by atoms with E-state index in [1.54, 1.807) is 0 Å². The minimum absolute atomic E-state index is 0. The van der Waals surface area contributed by atoms with Crippen molar-refractivity contribution in [3.8, 4) is 0 Å². The lowest BCUT2D eigenvalue weighted by Gasteiger charge is -2.27. The highest BCUT2D eigenvalue weighted by Gasteiger charge is 2.22. The Labute approximate surface area is 122 Å². The molecule has 0 heterocycles. The molecule has 19 heavy (non-hydrogen) atoms. The minimum Gasteiger partial charge on any atom is -0.355 e. The summed E-state index contributed by atoms with van der Waals surface area (Å²) in [6.45, 7) is 7.63. The standard InChI is InChI=1S/C15H24N2O.ClH/c1-12-7-4-5-8-13(12)15(2,3)11-17-14(18)9-6-10-16;/h4-5,7-8H,6,9-11,16H2,1-3H3,(H,17,18);1H. The van der Waals surface area contributed by atoms with Crippen molar-refractivity contribution in [3.05, 3.63) is 35.4 Å². The Balaban J connectivity index is 0.00000324. The molecule has 0 fully saturated rings. The summed E-state index contributed by atoms with van der Waals surface area (Å²) in [5, 5.41) is 2.99. The maximum atomic E-state index is 11.6. The van der Waals surface area contributed by atoms with E-state index in [1.807, 2.05) is 12.1 Å². The zero-order chi connectivity index (χ0) is 13.6. The van der Waals surface area contributed by atoms with Gasteiger partial charge in [-0.2, -0.15) is 0 Å². The lowest BCUT2D eigenvalue weighted by molar-refractivity contribution is -0.121. The molecule has 1 amide bonds. The highest BCUT2D eigenvalue weighted by atomic mass is 35.5. The molecule has 1 aromatic rings. The molecule has 0 saturated carbocycles. The van der Waals surface area contributed by atoms with Crippen LogP contribution in [0.1, 0.15) is 37.8 Å². The van der Waals surface area contributed by atoms with E-state index >= 15 is 0 Å². The second-order valence-electron chi connectivity index (χ2n) is 5.37. The molecule has 1 rings (SSSR count). The lowest BCUT2D eigenvalue weighted by atomic mass is 9.82. The largest absolute Gasteiger partial charge is 0.355 e. The summed E-state index contributed by atoms with van der Waals surface area (Å²) in [4.78, 5) is 11.6. The van der Waals surface area contributed by atoms with Crippen LogP contribution in [0.2, 0.25) is 0 Å². The summed E-state index contributed by atoms with van der Waals surface area (Å²) < 4.78 is 0. The second kappa shape index (κ2) is 8.18. The lowest BCUT2D eigenvalue weighted by Crippen LogP contribution is -2.37. The molecule has 0 atom stereocenters. The zero-order valence-electron chi connectivity index (χ0n) is 12.0. The van der Waals surface area contributed by atoms with Crippen molar-refractivity contribution >= 4 is 18.3 Å². The molecule has 4 heteroatoms. The molecular weight excluding hydrogens is 260 g/mol. The number of carbonyl (C=O) groups is 1. The third-order valence-electron chi connectivity index (χ3n) is 3.21. The van der Waals surface area contributed by atoms with Crippen LogP contribution in [-0.4, -0.2) is 19.0 Å². The average Bonchev–Trinajstić information content (AvgIpc) is 2.34. The number of hydrogen-bond donors (Lipinski definition) is 2. The van der Waals surface area contributed by atoms with Gasteiger partial charge in [-0.3, -0.25) is 4.79 Å². The van der Waals surface area contributed by atoms with Crippen LogP contribution < -0.4 is 11.1 Å². The molecule has 1 aromatic carbocycles. The predicted octanol–water partition coefficient (Wildman–Crippen LogP) is 2.55. The smallest absolute Gasteiger partial charge is 0.220 e. The molecule has 3 N–H and O–H groups in total. The molecule has 0 aromatic heterocycles. The second-order valence-corrected chi connectivity index (χ2v) is 5.37. The molecular formula is C15H25ClN2O. The first-order valence-corrected chi connectivity index (χ1v) is 6.50. The van der Waals surface area contributed by atoms with Gasteiger partial charge in [0.05, 0.1) is 0 Å². The summed E-state index contributed by atoms with van der Waals surface area (Å²) >= 11 is 0. The SMILES string of the molecule is Cc1ccccc1C(C)(C)CNC(=O)CCCN.Cl. The van der Waals surface area contributed by atoms with E-state index in [-0.39, 0.29) is 23.7 Å². The highest BCUT2D eigenvalue weighted by molar-refractivity contribution is 5.85. The van der Waals surface area contributed by atoms with Crippen molar-refractivity contribution in [1.29, 1.82) is 0 Å². The van der Waals surface area contributed by atoms with Crippen molar-refractivity contribution in [2.24, 2.45) is 5.73 Å². The van der Waals surface area contributed by atoms with Gasteiger partial charge < -0.3 is 11.1 Å². The van der Waals surface area contributed by atoms with E-state index in [9.17, 15) is 4.79 Å². The van der Waals surface area contributed by atoms with Crippen molar-refractivity contribution in [1.82, 2.24) is 5.32 Å². The van der Waals surface area contributed by atoms with E-state index in [2.05, 4.69) is 38.2 Å². The van der Waals surface area contributed by atoms with Crippen molar-refractivity contribution in [2.45, 2.75) is 39.0 Å². The van der Waals surface area contributed by atoms with Gasteiger partial charge in [0.1, 0.15) is 0 Å². The zero-order valence-corrected chi connectivity index (χ0v) is 12.8. The fourth-order valence-corrected chi connectivity index (χ4v) is 2.10. The molecule has 0 bridgehead atoms. The summed E-state index contributed by atoms with van der Waals surface area (Å²) in [7, 11) is 0. The molecule has 0 aliphatic carbocycles. The third-order valence-corrected chi connectivity index (χ3v) is 3.21. The molecule has 0 aliphatic heterocycles. The molecule has 108 valence electrons. The fraction of sp³-hybridized carbons (Fsp3) is 0.533. The van der Waals surface area contributed by atoms with Gasteiger partial charge in [0.25, 0.3) is 0 Å². The number of hydrogen-bond acceptors (Lipinski definition) is 2. The maximum absolute atomic E-state index is 11.6. The number of carbonyl (C=O) groups excluding carboxylic acids is 1. The Morgan fingerprint density at radius 2 is 1.95 bits per heavy atom. The van der Waals surface area contributed by atoms with Crippen LogP contribution in [-0.2, 0) is 10.2 Å². The number of nitrogens with one attached hydrogen (secondary N) is 1. The highest BCUT2D eigenvalue weighted by Crippen LogP contribution is 2.25. The first kappa shape index (κ1) is 17.9. The Hall–Kier alpha value is -1.06. The van der Waals surface area contributed by atoms with Crippen molar-refractivity contribution in [2.75, 3.05) is 13.1 Å². The van der Waals surface area contributed by atoms with E-state index in [4.69, 9.17) is 5.73 Å². The molecule has 0 saturated heterocycles. The van der Waals surface area contributed by atoms with Crippen LogP contribution in [0.5, 0.6) is 0 Å². The van der Waals surface area contributed by atoms with Gasteiger partial charge in [-0.05, 0) is 31.0 Å². The number of benzene rings is 1. The van der Waals surface area contributed by atoms with Gasteiger partial charge in [0, 0.05) is 18.4 Å². The Kier molecular flexibility index (Phi) is 7.72. The van der Waals surface area contributed by atoms with Crippen LogP contribution in [0, 0.1) is 6.92 Å². The minimum atomic E-state index is -0.0519. The molecule has 3 nitrogen and oxygen atoms in total. The first-order chi connectivity index (χ1) is 8.47. The first-order valence-electron chi connectivity index (χ1n) is 6.50. The average molecular weight is 285 g/mol. The van der Waals surface area contributed by atoms with Gasteiger partial charge in [0.2, 0.25) is 5.91 Å². The third kappa shape index (κ3) is 5.62. The summed E-state index contributed by atoms with van der Waals surface area (Å²) in [5.41, 5.74) is 7.88. The monoisotopic (exact) mass is 284 g/mol. The van der Waals surface area contributed by atoms with Crippen molar-refractivity contribution < 1.29 is 4.79 Å². The van der Waals surface area contributed by atoms with Gasteiger partial charge in [-0.25, -0.2) is 0 Å². The van der Waals surface area contributed by atoms with Gasteiger partial charge in [0.15, 0.2) is 0 Å². The summed E-state index contributed by atoms with van der Waals surface area (Å²) in [6, 6.07) is 8.31. The number of nitrogens with two attached hydrogens (primary N) is 1. The van der Waals surface area contributed by atoms with Crippen LogP contribution in [0.4, 0.5) is 0 Å². The topological polar surface area (TPSA) is 55.1 Å². The van der Waals surface area contributed by atoms with Crippen LogP contribution >= 0.6 is 12.4 Å². The van der Waals surface area contributed by atoms with Crippen LogP contribution in [0.25, 0.3) is 0 Å². The molecule has 0 radical (unpaired) electrons. The molecule has 0 unspecified atom stereocenters. The quantitative estimate of drug-likeness (QED) is 0.843. The number of halogens is 1. The normalized spacial score (nSPS) is 10.7. The Morgan fingerprint density at radius 3 is 2.53 bits per heavy atom. The number of aryl methyl sites for hydroxylation is 1. The Morgan fingerprint density at radius 1 is 1.32 bits per heavy atom. The fourth-order valence-electron chi connectivity index (χ4n) is 2.10. The van der Waals surface area contributed by atoms with E-state index in [0.29, 0.717) is 19.5 Å². The van der Waals surface area contributed by atoms with Crippen LogP contribution in [0.3, 0.4) is 0 Å². The maximum Gasteiger partial charge on any atom is 0.220 e. The number of amides is 1. The Bertz CT molecular complexity index is 405. The van der Waals surface area contributed by atoms with Gasteiger partial charge in [-0.1, -0.05) is 38.1 Å². The van der Waals surface area contributed by atoms with E-state index in [0.717, 1.165) is 6.42 Å². The van der Waals surface area contributed by atoms with Crippen molar-refractivity contribution in [3.63, 3.8) is 0 Å². The molecule has 0 spiro atoms. The van der Waals surface area contributed by atoms with Crippen LogP contribution in [0.15, 0.2) is 24.3 Å². The predicted molar refractivity (Wildman–Crippen MR) is 82.8 cm³/mol. The van der Waals surface area contributed by atoms with Gasteiger partial charge in [-0.15, -0.1) is 12.4 Å². The molecule has 0 aliphatic rings. The van der Waals surface area contributed by atoms with E-state index < -0.39 is 0 Å². The van der Waals surface area contributed by atoms with Gasteiger partial charge >= 0.3 is 0 Å². The van der Waals surface area contributed by atoms with E-state index in [1.165, 1.54) is 11.1 Å². The number of rotatable bonds is 6. The summed E-state index contributed by atoms with van der Waals surface area (Å²) in [6.07, 6.45) is 1.26. The summed E-state index contributed by atoms with van der Waals surface area (Å²) in [5.74, 6) is 0.0853.